The molecule has 2 amide bonds. The molecule has 1 rings (SSSR count). The number of amides is 2. The van der Waals surface area contributed by atoms with Crippen LogP contribution in [0, 0.1) is 0 Å². The van der Waals surface area contributed by atoms with Crippen LogP contribution >= 0.6 is 0 Å². The molecule has 1 aromatic carbocycles. The first-order valence-electron chi connectivity index (χ1n) is 6.78. The van der Waals surface area contributed by atoms with Crippen LogP contribution in [0.15, 0.2) is 24.3 Å². The fourth-order valence-electron chi connectivity index (χ4n) is 2.01. The summed E-state index contributed by atoms with van der Waals surface area (Å²) >= 11 is 0. The van der Waals surface area contributed by atoms with Crippen molar-refractivity contribution in [2.45, 2.75) is 26.1 Å². The molecule has 0 saturated carbocycles. The molecule has 112 valence electrons. The average molecular weight is 279 g/mol. The van der Waals surface area contributed by atoms with Gasteiger partial charge in [0.25, 0.3) is 0 Å². The van der Waals surface area contributed by atoms with Crippen molar-refractivity contribution in [3.63, 3.8) is 0 Å². The van der Waals surface area contributed by atoms with Gasteiger partial charge in [-0.15, -0.1) is 0 Å². The summed E-state index contributed by atoms with van der Waals surface area (Å²) in [6, 6.07) is 7.89. The third-order valence-corrected chi connectivity index (χ3v) is 2.92. The lowest BCUT2D eigenvalue weighted by atomic mass is 10.1. The van der Waals surface area contributed by atoms with Gasteiger partial charge in [-0.3, -0.25) is 0 Å². The largest absolute Gasteiger partial charge is 0.392 e. The smallest absolute Gasteiger partial charge is 0.317 e. The summed E-state index contributed by atoms with van der Waals surface area (Å²) in [4.78, 5) is 15.5. The molecule has 20 heavy (non-hydrogen) atoms. The summed E-state index contributed by atoms with van der Waals surface area (Å²) in [5, 5.41) is 12.1. The van der Waals surface area contributed by atoms with E-state index in [1.807, 2.05) is 32.3 Å². The Kier molecular flexibility index (Phi) is 6.48. The van der Waals surface area contributed by atoms with E-state index in [1.54, 1.807) is 14.0 Å². The maximum atomic E-state index is 11.9. The Morgan fingerprint density at radius 3 is 2.40 bits per heavy atom. The summed E-state index contributed by atoms with van der Waals surface area (Å²) in [5.41, 5.74) is 2.32. The van der Waals surface area contributed by atoms with Crippen LogP contribution in [0.3, 0.4) is 0 Å². The number of carbonyl (C=O) groups excluding carboxylic acids is 1. The van der Waals surface area contributed by atoms with E-state index in [2.05, 4.69) is 16.3 Å². The van der Waals surface area contributed by atoms with Gasteiger partial charge in [0.15, 0.2) is 0 Å². The molecular weight excluding hydrogens is 254 g/mol. The highest BCUT2D eigenvalue weighted by Gasteiger charge is 2.11. The Labute approximate surface area is 121 Å². The minimum Gasteiger partial charge on any atom is -0.392 e. The third-order valence-electron chi connectivity index (χ3n) is 2.92. The molecule has 0 aliphatic carbocycles. The molecule has 0 aliphatic rings. The number of nitrogens with one attached hydrogen (secondary N) is 1. The van der Waals surface area contributed by atoms with E-state index < -0.39 is 6.10 Å². The standard InChI is InChI=1S/C15H25N3O2/c1-12(19)10-18(4)15(20)16-9-13-7-5-6-8-14(13)11-17(2)3/h5-8,12,19H,9-11H2,1-4H3,(H,16,20). The van der Waals surface area contributed by atoms with Crippen LogP contribution in [0.4, 0.5) is 4.79 Å². The number of aliphatic hydroxyl groups excluding tert-OH is 1. The van der Waals surface area contributed by atoms with Crippen LogP contribution < -0.4 is 5.32 Å². The van der Waals surface area contributed by atoms with Crippen LogP contribution in [-0.2, 0) is 13.1 Å². The molecule has 0 heterocycles. The predicted octanol–water partition coefficient (Wildman–Crippen LogP) is 1.27. The quantitative estimate of drug-likeness (QED) is 0.824. The number of carbonyl (C=O) groups is 1. The normalized spacial score (nSPS) is 12.3. The Balaban J connectivity index is 2.59. The van der Waals surface area contributed by atoms with E-state index in [9.17, 15) is 9.90 Å². The zero-order chi connectivity index (χ0) is 15.1. The van der Waals surface area contributed by atoms with Crippen molar-refractivity contribution >= 4 is 6.03 Å². The number of benzene rings is 1. The van der Waals surface area contributed by atoms with Crippen molar-refractivity contribution in [1.82, 2.24) is 15.1 Å². The summed E-state index contributed by atoms with van der Waals surface area (Å²) < 4.78 is 0. The Hall–Kier alpha value is -1.59. The van der Waals surface area contributed by atoms with Crippen molar-refractivity contribution in [3.8, 4) is 0 Å². The molecule has 0 saturated heterocycles. The van der Waals surface area contributed by atoms with Crippen molar-refractivity contribution in [3.05, 3.63) is 35.4 Å². The molecule has 0 aromatic heterocycles. The van der Waals surface area contributed by atoms with Crippen LogP contribution in [0.5, 0.6) is 0 Å². The molecular formula is C15H25N3O2. The van der Waals surface area contributed by atoms with E-state index >= 15 is 0 Å². The number of nitrogens with zero attached hydrogens (tertiary/aromatic N) is 2. The first-order valence-corrected chi connectivity index (χ1v) is 6.78. The zero-order valence-electron chi connectivity index (χ0n) is 12.8. The van der Waals surface area contributed by atoms with E-state index in [0.717, 1.165) is 12.1 Å². The molecule has 0 spiro atoms. The minimum absolute atomic E-state index is 0.175. The second-order valence-electron chi connectivity index (χ2n) is 5.39. The van der Waals surface area contributed by atoms with Crippen LogP contribution in [0.2, 0.25) is 0 Å². The van der Waals surface area contributed by atoms with Crippen molar-refractivity contribution in [1.29, 1.82) is 0 Å². The van der Waals surface area contributed by atoms with Crippen LogP contribution in [0.1, 0.15) is 18.1 Å². The maximum Gasteiger partial charge on any atom is 0.317 e. The lowest BCUT2D eigenvalue weighted by Gasteiger charge is -2.20. The van der Waals surface area contributed by atoms with Crippen molar-refractivity contribution < 1.29 is 9.90 Å². The van der Waals surface area contributed by atoms with Gasteiger partial charge in [-0.05, 0) is 32.1 Å². The Morgan fingerprint density at radius 1 is 1.25 bits per heavy atom. The number of hydrogen-bond acceptors (Lipinski definition) is 3. The van der Waals surface area contributed by atoms with Gasteiger partial charge in [0, 0.05) is 26.7 Å². The lowest BCUT2D eigenvalue weighted by molar-refractivity contribution is 0.143. The Bertz CT molecular complexity index is 433. The maximum absolute atomic E-state index is 11.9. The van der Waals surface area contributed by atoms with Gasteiger partial charge in [-0.2, -0.15) is 0 Å². The average Bonchev–Trinajstić information content (AvgIpc) is 2.35. The van der Waals surface area contributed by atoms with Gasteiger partial charge in [-0.25, -0.2) is 4.79 Å². The highest BCUT2D eigenvalue weighted by Crippen LogP contribution is 2.10. The first-order chi connectivity index (χ1) is 9.40. The summed E-state index contributed by atoms with van der Waals surface area (Å²) in [5.74, 6) is 0. The van der Waals surface area contributed by atoms with Gasteiger partial charge in [-0.1, -0.05) is 24.3 Å². The van der Waals surface area contributed by atoms with E-state index in [0.29, 0.717) is 13.1 Å². The van der Waals surface area contributed by atoms with Crippen LogP contribution in [0.25, 0.3) is 0 Å². The predicted molar refractivity (Wildman–Crippen MR) is 80.4 cm³/mol. The topological polar surface area (TPSA) is 55.8 Å². The first kappa shape index (κ1) is 16.5. The van der Waals surface area contributed by atoms with Gasteiger partial charge in [0.1, 0.15) is 0 Å². The SMILES string of the molecule is CC(O)CN(C)C(=O)NCc1ccccc1CN(C)C. The fourth-order valence-corrected chi connectivity index (χ4v) is 2.01. The van der Waals surface area contributed by atoms with Gasteiger partial charge >= 0.3 is 6.03 Å². The molecule has 5 heteroatoms. The molecule has 0 radical (unpaired) electrons. The summed E-state index contributed by atoms with van der Waals surface area (Å²) in [6.45, 7) is 3.32. The second kappa shape index (κ2) is 7.87. The van der Waals surface area contributed by atoms with Crippen molar-refractivity contribution in [2.24, 2.45) is 0 Å². The van der Waals surface area contributed by atoms with Gasteiger partial charge in [0.2, 0.25) is 0 Å². The molecule has 2 N–H and O–H groups in total. The Morgan fingerprint density at radius 2 is 1.85 bits per heavy atom. The summed E-state index contributed by atoms with van der Waals surface area (Å²) in [7, 11) is 5.71. The zero-order valence-corrected chi connectivity index (χ0v) is 12.8. The lowest BCUT2D eigenvalue weighted by Crippen LogP contribution is -2.40. The van der Waals surface area contributed by atoms with Crippen LogP contribution in [-0.4, -0.2) is 54.7 Å². The number of likely N-dealkylation sites (N-methyl/N-ethyl adjacent to an activating group) is 1. The monoisotopic (exact) mass is 279 g/mol. The molecule has 1 aromatic rings. The van der Waals surface area contributed by atoms with Crippen molar-refractivity contribution in [2.75, 3.05) is 27.7 Å². The third kappa shape index (κ3) is 5.59. The molecule has 5 nitrogen and oxygen atoms in total. The number of urea groups is 1. The second-order valence-corrected chi connectivity index (χ2v) is 5.39. The van der Waals surface area contributed by atoms with Gasteiger partial charge in [0.05, 0.1) is 6.10 Å². The van der Waals surface area contributed by atoms with Gasteiger partial charge < -0.3 is 20.2 Å². The molecule has 0 fully saturated rings. The number of aliphatic hydroxyl groups is 1. The van der Waals surface area contributed by atoms with E-state index in [1.165, 1.54) is 10.5 Å². The molecule has 0 bridgehead atoms. The summed E-state index contributed by atoms with van der Waals surface area (Å²) in [6.07, 6.45) is -0.522. The number of rotatable bonds is 6. The highest BCUT2D eigenvalue weighted by molar-refractivity contribution is 5.73. The highest BCUT2D eigenvalue weighted by atomic mass is 16.3. The number of hydrogen-bond donors (Lipinski definition) is 2. The molecule has 1 unspecified atom stereocenters. The molecule has 1 atom stereocenters. The minimum atomic E-state index is -0.522. The fraction of sp³-hybridized carbons (Fsp3) is 0.533. The van der Waals surface area contributed by atoms with E-state index in [-0.39, 0.29) is 6.03 Å². The molecule has 0 aliphatic heterocycles. The van der Waals surface area contributed by atoms with E-state index in [4.69, 9.17) is 0 Å².